The maximum absolute atomic E-state index is 3.60. The molecular formula is C17H20N2. The Morgan fingerprint density at radius 1 is 0.684 bits per heavy atom. The highest BCUT2D eigenvalue weighted by atomic mass is 14.9. The average molecular weight is 252 g/mol. The fraction of sp³-hybridized carbons (Fsp3) is 0.294. The predicted molar refractivity (Wildman–Crippen MR) is 82.0 cm³/mol. The molecule has 2 N–H and O–H groups in total. The van der Waals surface area contributed by atoms with Crippen molar-refractivity contribution >= 4 is 17.1 Å². The van der Waals surface area contributed by atoms with Gasteiger partial charge in [-0.05, 0) is 49.2 Å². The normalized spacial score (nSPS) is 15.4. The van der Waals surface area contributed by atoms with Crippen molar-refractivity contribution in [1.29, 1.82) is 0 Å². The summed E-state index contributed by atoms with van der Waals surface area (Å²) in [6.07, 6.45) is 5.35. The number of anilines is 3. The van der Waals surface area contributed by atoms with Gasteiger partial charge in [-0.3, -0.25) is 0 Å². The van der Waals surface area contributed by atoms with Crippen LogP contribution in [0.4, 0.5) is 17.1 Å². The second-order valence-electron chi connectivity index (χ2n) is 5.19. The summed E-state index contributed by atoms with van der Waals surface area (Å²) < 4.78 is 0. The molecule has 0 atom stereocenters. The summed E-state index contributed by atoms with van der Waals surface area (Å²) in [5.74, 6) is 0. The van der Waals surface area contributed by atoms with Crippen LogP contribution in [0.25, 0.3) is 0 Å². The van der Waals surface area contributed by atoms with Crippen LogP contribution in [0.2, 0.25) is 0 Å². The van der Waals surface area contributed by atoms with Gasteiger partial charge in [0.15, 0.2) is 0 Å². The van der Waals surface area contributed by atoms with Gasteiger partial charge in [-0.25, -0.2) is 0 Å². The molecule has 0 saturated heterocycles. The number of rotatable bonds is 4. The molecule has 1 aliphatic carbocycles. The van der Waals surface area contributed by atoms with E-state index < -0.39 is 0 Å². The van der Waals surface area contributed by atoms with Crippen molar-refractivity contribution < 1.29 is 0 Å². The third-order valence-electron chi connectivity index (χ3n) is 3.67. The number of para-hydroxylation sites is 1. The number of hydrogen-bond acceptors (Lipinski definition) is 2. The molecule has 0 bridgehead atoms. The van der Waals surface area contributed by atoms with Gasteiger partial charge in [0.25, 0.3) is 0 Å². The molecule has 0 unspecified atom stereocenters. The first kappa shape index (κ1) is 12.1. The van der Waals surface area contributed by atoms with Crippen molar-refractivity contribution in [2.24, 2.45) is 0 Å². The molecule has 1 aliphatic rings. The summed E-state index contributed by atoms with van der Waals surface area (Å²) in [5.41, 5.74) is 3.48. The maximum Gasteiger partial charge on any atom is 0.0385 e. The van der Waals surface area contributed by atoms with Crippen LogP contribution in [0.15, 0.2) is 54.6 Å². The first-order valence-electron chi connectivity index (χ1n) is 7.09. The van der Waals surface area contributed by atoms with E-state index in [1.807, 2.05) is 18.2 Å². The van der Waals surface area contributed by atoms with Gasteiger partial charge >= 0.3 is 0 Å². The van der Waals surface area contributed by atoms with Crippen LogP contribution in [-0.4, -0.2) is 6.04 Å². The van der Waals surface area contributed by atoms with Crippen molar-refractivity contribution in [1.82, 2.24) is 0 Å². The standard InChI is InChI=1S/C17H20N2/c1-2-6-14(7-3-1)18-16-10-12-17(13-11-16)19-15-8-4-5-9-15/h1-3,6-7,10-13,15,18-19H,4-5,8-9H2. The Hall–Kier alpha value is -1.96. The molecule has 2 heteroatoms. The lowest BCUT2D eigenvalue weighted by atomic mass is 10.2. The number of nitrogens with one attached hydrogen (secondary N) is 2. The van der Waals surface area contributed by atoms with Crippen molar-refractivity contribution in [3.05, 3.63) is 54.6 Å². The Labute approximate surface area is 114 Å². The third-order valence-corrected chi connectivity index (χ3v) is 3.67. The van der Waals surface area contributed by atoms with E-state index in [1.165, 1.54) is 31.4 Å². The van der Waals surface area contributed by atoms with Gasteiger partial charge in [0, 0.05) is 23.1 Å². The van der Waals surface area contributed by atoms with Crippen LogP contribution in [0.3, 0.4) is 0 Å². The molecule has 2 aromatic carbocycles. The Kier molecular flexibility index (Phi) is 3.68. The van der Waals surface area contributed by atoms with Crippen LogP contribution in [0.5, 0.6) is 0 Å². The summed E-state index contributed by atoms with van der Waals surface area (Å²) in [6.45, 7) is 0. The van der Waals surface area contributed by atoms with E-state index >= 15 is 0 Å². The van der Waals surface area contributed by atoms with Gasteiger partial charge in [0.05, 0.1) is 0 Å². The largest absolute Gasteiger partial charge is 0.382 e. The Bertz CT molecular complexity index is 499. The minimum atomic E-state index is 0.674. The lowest BCUT2D eigenvalue weighted by Gasteiger charge is -2.14. The van der Waals surface area contributed by atoms with Crippen molar-refractivity contribution in [3.8, 4) is 0 Å². The van der Waals surface area contributed by atoms with Gasteiger partial charge in [0.2, 0.25) is 0 Å². The quantitative estimate of drug-likeness (QED) is 0.818. The van der Waals surface area contributed by atoms with Crippen molar-refractivity contribution in [2.45, 2.75) is 31.7 Å². The van der Waals surface area contributed by atoms with Gasteiger partial charge in [-0.15, -0.1) is 0 Å². The van der Waals surface area contributed by atoms with E-state index in [1.54, 1.807) is 0 Å². The minimum Gasteiger partial charge on any atom is -0.382 e. The Morgan fingerprint density at radius 3 is 1.95 bits per heavy atom. The van der Waals surface area contributed by atoms with E-state index in [9.17, 15) is 0 Å². The molecule has 0 aliphatic heterocycles. The maximum atomic E-state index is 3.60. The summed E-state index contributed by atoms with van der Waals surface area (Å²) in [4.78, 5) is 0. The van der Waals surface area contributed by atoms with E-state index in [0.717, 1.165) is 11.4 Å². The van der Waals surface area contributed by atoms with Crippen LogP contribution in [0.1, 0.15) is 25.7 Å². The highest BCUT2D eigenvalue weighted by Crippen LogP contribution is 2.24. The second-order valence-corrected chi connectivity index (χ2v) is 5.19. The molecule has 2 nitrogen and oxygen atoms in total. The Balaban J connectivity index is 1.62. The van der Waals surface area contributed by atoms with Gasteiger partial charge < -0.3 is 10.6 Å². The number of hydrogen-bond donors (Lipinski definition) is 2. The molecule has 0 amide bonds. The molecular weight excluding hydrogens is 232 g/mol. The lowest BCUT2D eigenvalue weighted by molar-refractivity contribution is 0.755. The average Bonchev–Trinajstić information content (AvgIpc) is 2.95. The summed E-state index contributed by atoms with van der Waals surface area (Å²) in [6, 6.07) is 19.5. The molecule has 98 valence electrons. The van der Waals surface area contributed by atoms with E-state index in [-0.39, 0.29) is 0 Å². The third kappa shape index (κ3) is 3.28. The summed E-state index contributed by atoms with van der Waals surface area (Å²) in [5, 5.41) is 7.00. The molecule has 0 aromatic heterocycles. The minimum absolute atomic E-state index is 0.674. The van der Waals surface area contributed by atoms with Crippen LogP contribution >= 0.6 is 0 Å². The van der Waals surface area contributed by atoms with Crippen LogP contribution < -0.4 is 10.6 Å². The molecule has 1 fully saturated rings. The van der Waals surface area contributed by atoms with Gasteiger partial charge in [-0.1, -0.05) is 31.0 Å². The van der Waals surface area contributed by atoms with Crippen LogP contribution in [-0.2, 0) is 0 Å². The molecule has 0 radical (unpaired) electrons. The fourth-order valence-corrected chi connectivity index (χ4v) is 2.64. The van der Waals surface area contributed by atoms with Crippen LogP contribution in [0, 0.1) is 0 Å². The van der Waals surface area contributed by atoms with E-state index in [4.69, 9.17) is 0 Å². The smallest absolute Gasteiger partial charge is 0.0385 e. The first-order valence-corrected chi connectivity index (χ1v) is 7.09. The van der Waals surface area contributed by atoms with E-state index in [0.29, 0.717) is 6.04 Å². The molecule has 19 heavy (non-hydrogen) atoms. The highest BCUT2D eigenvalue weighted by molar-refractivity contribution is 5.62. The van der Waals surface area contributed by atoms with E-state index in [2.05, 4.69) is 47.0 Å². The molecule has 0 heterocycles. The summed E-state index contributed by atoms with van der Waals surface area (Å²) >= 11 is 0. The molecule has 0 spiro atoms. The zero-order chi connectivity index (χ0) is 12.9. The van der Waals surface area contributed by atoms with Crippen molar-refractivity contribution in [3.63, 3.8) is 0 Å². The molecule has 2 aromatic rings. The topological polar surface area (TPSA) is 24.1 Å². The molecule has 3 rings (SSSR count). The SMILES string of the molecule is c1ccc(Nc2ccc(NC3CCCC3)cc2)cc1. The first-order chi connectivity index (χ1) is 9.40. The second kappa shape index (κ2) is 5.79. The zero-order valence-corrected chi connectivity index (χ0v) is 11.1. The summed E-state index contributed by atoms with van der Waals surface area (Å²) in [7, 11) is 0. The molecule has 1 saturated carbocycles. The Morgan fingerprint density at radius 2 is 1.26 bits per heavy atom. The zero-order valence-electron chi connectivity index (χ0n) is 11.1. The lowest BCUT2D eigenvalue weighted by Crippen LogP contribution is -2.14. The van der Waals surface area contributed by atoms with Gasteiger partial charge in [0.1, 0.15) is 0 Å². The van der Waals surface area contributed by atoms with Gasteiger partial charge in [-0.2, -0.15) is 0 Å². The van der Waals surface area contributed by atoms with Crippen molar-refractivity contribution in [2.75, 3.05) is 10.6 Å². The monoisotopic (exact) mass is 252 g/mol. The predicted octanol–water partition coefficient (Wildman–Crippen LogP) is 4.78. The highest BCUT2D eigenvalue weighted by Gasteiger charge is 2.13. The fourth-order valence-electron chi connectivity index (χ4n) is 2.64. The number of benzene rings is 2.